The quantitative estimate of drug-likeness (QED) is 0.913. The van der Waals surface area contributed by atoms with Crippen molar-refractivity contribution < 1.29 is 14.7 Å². The third-order valence-electron chi connectivity index (χ3n) is 4.85. The summed E-state index contributed by atoms with van der Waals surface area (Å²) < 4.78 is 0. The largest absolute Gasteiger partial charge is 0.479 e. The van der Waals surface area contributed by atoms with Crippen molar-refractivity contribution in [3.05, 3.63) is 21.9 Å². The number of amides is 1. The number of rotatable bonds is 2. The summed E-state index contributed by atoms with van der Waals surface area (Å²) in [5.74, 6) is -0.157. The Morgan fingerprint density at radius 1 is 1.29 bits per heavy atom. The number of nitrogens with zero attached hydrogens (tertiary/aromatic N) is 1. The van der Waals surface area contributed by atoms with Gasteiger partial charge in [-0.05, 0) is 55.0 Å². The predicted octanol–water partition coefficient (Wildman–Crippen LogP) is 3.08. The Bertz CT molecular complexity index is 545. The van der Waals surface area contributed by atoms with Gasteiger partial charge in [0.2, 0.25) is 5.91 Å². The van der Waals surface area contributed by atoms with Crippen molar-refractivity contribution in [2.45, 2.75) is 45.1 Å². The van der Waals surface area contributed by atoms with E-state index in [0.29, 0.717) is 12.5 Å². The molecule has 0 radical (unpaired) electrons. The number of carbonyl (C=O) groups excluding carboxylic acids is 1. The minimum Gasteiger partial charge on any atom is -0.479 e. The molecule has 1 aromatic rings. The van der Waals surface area contributed by atoms with E-state index in [1.165, 1.54) is 0 Å². The third kappa shape index (κ3) is 2.71. The summed E-state index contributed by atoms with van der Waals surface area (Å²) in [5.41, 5.74) is 0.816. The molecule has 1 aliphatic carbocycles. The lowest BCUT2D eigenvalue weighted by Gasteiger charge is -2.37. The number of fused-ring (bicyclic) bond motifs is 1. The number of carboxylic acids is 1. The fraction of sp³-hybridized carbons (Fsp3) is 0.625. The van der Waals surface area contributed by atoms with Crippen molar-refractivity contribution in [2.75, 3.05) is 6.54 Å². The molecule has 1 aromatic heterocycles. The SMILES string of the molecule is CC1CCC(C(=O)N2CCc3sccc3C2C(=O)O)CC1. The maximum absolute atomic E-state index is 12.8. The van der Waals surface area contributed by atoms with E-state index in [9.17, 15) is 14.7 Å². The lowest BCUT2D eigenvalue weighted by molar-refractivity contribution is -0.153. The number of hydrogen-bond donors (Lipinski definition) is 1. The van der Waals surface area contributed by atoms with Crippen molar-refractivity contribution >= 4 is 23.2 Å². The normalized spacial score (nSPS) is 29.0. The Hall–Kier alpha value is -1.36. The van der Waals surface area contributed by atoms with Crippen LogP contribution in [0.25, 0.3) is 0 Å². The fourth-order valence-corrected chi connectivity index (χ4v) is 4.47. The minimum atomic E-state index is -0.910. The monoisotopic (exact) mass is 307 g/mol. The van der Waals surface area contributed by atoms with Crippen molar-refractivity contribution in [3.8, 4) is 0 Å². The second-order valence-corrected chi connectivity index (χ2v) is 7.28. The van der Waals surface area contributed by atoms with Crippen LogP contribution in [0.3, 0.4) is 0 Å². The Morgan fingerprint density at radius 3 is 2.67 bits per heavy atom. The zero-order chi connectivity index (χ0) is 15.0. The molecular weight excluding hydrogens is 286 g/mol. The summed E-state index contributed by atoms with van der Waals surface area (Å²) in [6, 6.07) is 1.08. The molecule has 1 atom stereocenters. The van der Waals surface area contributed by atoms with E-state index < -0.39 is 12.0 Å². The highest BCUT2D eigenvalue weighted by molar-refractivity contribution is 7.10. The molecule has 4 nitrogen and oxygen atoms in total. The van der Waals surface area contributed by atoms with Crippen LogP contribution in [0.1, 0.15) is 49.1 Å². The molecule has 2 heterocycles. The molecule has 1 amide bonds. The summed E-state index contributed by atoms with van der Waals surface area (Å²) in [5, 5.41) is 11.5. The molecule has 5 heteroatoms. The highest BCUT2D eigenvalue weighted by Gasteiger charge is 2.39. The first-order valence-corrected chi connectivity index (χ1v) is 8.55. The first-order valence-electron chi connectivity index (χ1n) is 7.67. The van der Waals surface area contributed by atoms with Crippen LogP contribution in [-0.4, -0.2) is 28.4 Å². The standard InChI is InChI=1S/C16H21NO3S/c1-10-2-4-11(5-3-10)15(18)17-8-6-13-12(7-9-21-13)14(17)16(19)20/h7,9-11,14H,2-6,8H2,1H3,(H,19,20). The fourth-order valence-electron chi connectivity index (χ4n) is 3.56. The summed E-state index contributed by atoms with van der Waals surface area (Å²) in [6.45, 7) is 2.76. The zero-order valence-corrected chi connectivity index (χ0v) is 13.1. The molecule has 0 saturated heterocycles. The lowest BCUT2D eigenvalue weighted by Crippen LogP contribution is -2.46. The van der Waals surface area contributed by atoms with E-state index in [2.05, 4.69) is 6.92 Å². The molecule has 1 saturated carbocycles. The Balaban J connectivity index is 1.81. The minimum absolute atomic E-state index is 0.0169. The van der Waals surface area contributed by atoms with E-state index in [-0.39, 0.29) is 11.8 Å². The van der Waals surface area contributed by atoms with Crippen LogP contribution in [0, 0.1) is 11.8 Å². The van der Waals surface area contributed by atoms with Gasteiger partial charge in [-0.15, -0.1) is 11.3 Å². The lowest BCUT2D eigenvalue weighted by atomic mass is 9.81. The van der Waals surface area contributed by atoms with Gasteiger partial charge in [0.15, 0.2) is 6.04 Å². The Labute approximate surface area is 128 Å². The number of aliphatic carboxylic acids is 1. The van der Waals surface area contributed by atoms with E-state index in [0.717, 1.165) is 42.5 Å². The first kappa shape index (κ1) is 14.6. The highest BCUT2D eigenvalue weighted by atomic mass is 32.1. The molecule has 0 bridgehead atoms. The maximum Gasteiger partial charge on any atom is 0.331 e. The predicted molar refractivity (Wildman–Crippen MR) is 81.2 cm³/mol. The van der Waals surface area contributed by atoms with Crippen LogP contribution in [0.4, 0.5) is 0 Å². The molecule has 3 rings (SSSR count). The van der Waals surface area contributed by atoms with Crippen molar-refractivity contribution in [1.82, 2.24) is 4.90 Å². The number of thiophene rings is 1. The summed E-state index contributed by atoms with van der Waals surface area (Å²) in [7, 11) is 0. The van der Waals surface area contributed by atoms with Gasteiger partial charge in [-0.1, -0.05) is 6.92 Å². The summed E-state index contributed by atoms with van der Waals surface area (Å²) in [4.78, 5) is 27.2. The smallest absolute Gasteiger partial charge is 0.331 e. The first-order chi connectivity index (χ1) is 10.1. The molecular formula is C16H21NO3S. The number of carboxylic acid groups (broad SMARTS) is 1. The van der Waals surface area contributed by atoms with Gasteiger partial charge in [0, 0.05) is 17.3 Å². The topological polar surface area (TPSA) is 57.6 Å². The van der Waals surface area contributed by atoms with Crippen LogP contribution < -0.4 is 0 Å². The average Bonchev–Trinajstić information content (AvgIpc) is 2.94. The van der Waals surface area contributed by atoms with Gasteiger partial charge in [0.1, 0.15) is 0 Å². The van der Waals surface area contributed by atoms with E-state index >= 15 is 0 Å². The summed E-state index contributed by atoms with van der Waals surface area (Å²) in [6.07, 6.45) is 4.74. The van der Waals surface area contributed by atoms with Gasteiger partial charge < -0.3 is 10.0 Å². The summed E-state index contributed by atoms with van der Waals surface area (Å²) >= 11 is 1.59. The highest BCUT2D eigenvalue weighted by Crippen LogP contribution is 2.37. The molecule has 1 fully saturated rings. The second kappa shape index (κ2) is 5.79. The zero-order valence-electron chi connectivity index (χ0n) is 12.2. The molecule has 114 valence electrons. The van der Waals surface area contributed by atoms with Crippen LogP contribution in [0.15, 0.2) is 11.4 Å². The Morgan fingerprint density at radius 2 is 2.00 bits per heavy atom. The van der Waals surface area contributed by atoms with Gasteiger partial charge in [-0.25, -0.2) is 4.79 Å². The van der Waals surface area contributed by atoms with E-state index in [1.807, 2.05) is 11.4 Å². The van der Waals surface area contributed by atoms with E-state index in [4.69, 9.17) is 0 Å². The van der Waals surface area contributed by atoms with Gasteiger partial charge in [0.25, 0.3) is 0 Å². The van der Waals surface area contributed by atoms with Gasteiger partial charge in [0.05, 0.1) is 0 Å². The molecule has 2 aliphatic rings. The molecule has 21 heavy (non-hydrogen) atoms. The number of hydrogen-bond acceptors (Lipinski definition) is 3. The average molecular weight is 307 g/mol. The molecule has 0 spiro atoms. The van der Waals surface area contributed by atoms with Gasteiger partial charge in [-0.2, -0.15) is 0 Å². The molecule has 1 N–H and O–H groups in total. The Kier molecular flexibility index (Phi) is 4.02. The molecule has 1 unspecified atom stereocenters. The van der Waals surface area contributed by atoms with E-state index in [1.54, 1.807) is 16.2 Å². The van der Waals surface area contributed by atoms with Gasteiger partial charge in [-0.3, -0.25) is 4.79 Å². The molecule has 0 aromatic carbocycles. The van der Waals surface area contributed by atoms with Crippen LogP contribution >= 0.6 is 11.3 Å². The van der Waals surface area contributed by atoms with Crippen LogP contribution in [0.5, 0.6) is 0 Å². The number of carbonyl (C=O) groups is 2. The van der Waals surface area contributed by atoms with Gasteiger partial charge >= 0.3 is 5.97 Å². The van der Waals surface area contributed by atoms with Crippen molar-refractivity contribution in [1.29, 1.82) is 0 Å². The van der Waals surface area contributed by atoms with Crippen molar-refractivity contribution in [3.63, 3.8) is 0 Å². The molecule has 1 aliphatic heterocycles. The van der Waals surface area contributed by atoms with Crippen molar-refractivity contribution in [2.24, 2.45) is 11.8 Å². The second-order valence-electron chi connectivity index (χ2n) is 6.28. The van der Waals surface area contributed by atoms with Crippen LogP contribution in [-0.2, 0) is 16.0 Å². The van der Waals surface area contributed by atoms with Crippen LogP contribution in [0.2, 0.25) is 0 Å². The third-order valence-corrected chi connectivity index (χ3v) is 5.84. The maximum atomic E-state index is 12.8.